The first-order valence-corrected chi connectivity index (χ1v) is 9.16. The fourth-order valence-electron chi connectivity index (χ4n) is 2.05. The standard InChI is InChI=1S/C17H24F3NO2S/c1-2-3-10-23-16(22)15(21)9-12-24-11-8-13-6-4-5-7-14(13)17(18,19)20/h4-7,15H,2-3,8-12,21H2,1H3. The number of thioether (sulfide) groups is 1. The van der Waals surface area contributed by atoms with E-state index in [4.69, 9.17) is 10.5 Å². The molecule has 0 aliphatic heterocycles. The number of aryl methyl sites for hydroxylation is 1. The number of carbonyl (C=O) groups excluding carboxylic acids is 1. The Balaban J connectivity index is 2.29. The van der Waals surface area contributed by atoms with Crippen molar-refractivity contribution in [2.75, 3.05) is 18.1 Å². The van der Waals surface area contributed by atoms with Crippen LogP contribution in [0.15, 0.2) is 24.3 Å². The summed E-state index contributed by atoms with van der Waals surface area (Å²) in [5, 5.41) is 0. The van der Waals surface area contributed by atoms with E-state index in [0.717, 1.165) is 18.9 Å². The number of unbranched alkanes of at least 4 members (excludes halogenated alkanes) is 1. The summed E-state index contributed by atoms with van der Waals surface area (Å²) >= 11 is 1.49. The van der Waals surface area contributed by atoms with Crippen LogP contribution in [-0.2, 0) is 22.1 Å². The molecule has 3 nitrogen and oxygen atoms in total. The van der Waals surface area contributed by atoms with Crippen molar-refractivity contribution in [3.8, 4) is 0 Å². The first kappa shape index (κ1) is 20.8. The number of carbonyl (C=O) groups is 1. The van der Waals surface area contributed by atoms with E-state index < -0.39 is 23.8 Å². The van der Waals surface area contributed by atoms with Gasteiger partial charge in [0.1, 0.15) is 6.04 Å². The molecule has 0 bridgehead atoms. The van der Waals surface area contributed by atoms with E-state index in [2.05, 4.69) is 0 Å². The van der Waals surface area contributed by atoms with Gasteiger partial charge >= 0.3 is 12.1 Å². The van der Waals surface area contributed by atoms with Gasteiger partial charge < -0.3 is 10.5 Å². The molecule has 1 aromatic carbocycles. The van der Waals surface area contributed by atoms with Gasteiger partial charge in [0.2, 0.25) is 0 Å². The summed E-state index contributed by atoms with van der Waals surface area (Å²) in [5.41, 5.74) is 5.45. The second kappa shape index (κ2) is 10.6. The Hall–Kier alpha value is -1.21. The highest BCUT2D eigenvalue weighted by Gasteiger charge is 2.32. The lowest BCUT2D eigenvalue weighted by molar-refractivity contribution is -0.145. The minimum absolute atomic E-state index is 0.292. The Bertz CT molecular complexity index is 509. The Kier molecular flexibility index (Phi) is 9.21. The second-order valence-electron chi connectivity index (χ2n) is 5.43. The number of halogens is 3. The summed E-state index contributed by atoms with van der Waals surface area (Å²) in [4.78, 5) is 11.6. The number of rotatable bonds is 10. The maximum atomic E-state index is 12.9. The Morgan fingerprint density at radius 1 is 1.29 bits per heavy atom. The molecule has 7 heteroatoms. The van der Waals surface area contributed by atoms with Gasteiger partial charge in [-0.1, -0.05) is 31.5 Å². The normalized spacial score (nSPS) is 12.9. The lowest BCUT2D eigenvalue weighted by Gasteiger charge is -2.13. The zero-order chi connectivity index (χ0) is 18.0. The largest absolute Gasteiger partial charge is 0.465 e. The van der Waals surface area contributed by atoms with Crippen molar-refractivity contribution in [2.45, 2.75) is 44.8 Å². The molecule has 1 rings (SSSR count). The molecule has 0 amide bonds. The number of alkyl halides is 3. The van der Waals surface area contributed by atoms with Crippen molar-refractivity contribution < 1.29 is 22.7 Å². The zero-order valence-electron chi connectivity index (χ0n) is 13.8. The van der Waals surface area contributed by atoms with Crippen LogP contribution < -0.4 is 5.73 Å². The summed E-state index contributed by atoms with van der Waals surface area (Å²) in [7, 11) is 0. The van der Waals surface area contributed by atoms with Gasteiger partial charge in [0.15, 0.2) is 0 Å². The molecule has 0 spiro atoms. The molecule has 0 heterocycles. The molecule has 1 aromatic rings. The van der Waals surface area contributed by atoms with Gasteiger partial charge in [-0.25, -0.2) is 0 Å². The molecule has 2 N–H and O–H groups in total. The van der Waals surface area contributed by atoms with Gasteiger partial charge in [-0.15, -0.1) is 0 Å². The van der Waals surface area contributed by atoms with Gasteiger partial charge in [0.05, 0.1) is 12.2 Å². The molecule has 0 aromatic heterocycles. The van der Waals surface area contributed by atoms with E-state index in [1.807, 2.05) is 6.92 Å². The summed E-state index contributed by atoms with van der Waals surface area (Å²) in [6.45, 7) is 2.38. The average Bonchev–Trinajstić information content (AvgIpc) is 2.54. The first-order valence-electron chi connectivity index (χ1n) is 8.01. The van der Waals surface area contributed by atoms with Crippen LogP contribution in [0.4, 0.5) is 13.2 Å². The lowest BCUT2D eigenvalue weighted by atomic mass is 10.1. The van der Waals surface area contributed by atoms with E-state index in [1.165, 1.54) is 23.9 Å². The number of hydrogen-bond donors (Lipinski definition) is 1. The molecule has 1 atom stereocenters. The van der Waals surface area contributed by atoms with Crippen LogP contribution in [0.1, 0.15) is 37.3 Å². The maximum absolute atomic E-state index is 12.9. The van der Waals surface area contributed by atoms with Crippen LogP contribution in [0.3, 0.4) is 0 Å². The third-order valence-electron chi connectivity index (χ3n) is 3.46. The molecule has 0 saturated heterocycles. The number of benzene rings is 1. The monoisotopic (exact) mass is 363 g/mol. The highest BCUT2D eigenvalue weighted by Crippen LogP contribution is 2.32. The van der Waals surface area contributed by atoms with Crippen LogP contribution in [0.2, 0.25) is 0 Å². The van der Waals surface area contributed by atoms with Gasteiger partial charge in [0.25, 0.3) is 0 Å². The summed E-state index contributed by atoms with van der Waals surface area (Å²) in [6, 6.07) is 4.93. The van der Waals surface area contributed by atoms with Crippen molar-refractivity contribution in [2.24, 2.45) is 5.73 Å². The van der Waals surface area contributed by atoms with Crippen LogP contribution in [-0.4, -0.2) is 30.1 Å². The maximum Gasteiger partial charge on any atom is 0.416 e. The van der Waals surface area contributed by atoms with Crippen LogP contribution in [0.5, 0.6) is 0 Å². The molecule has 0 aliphatic rings. The fraction of sp³-hybridized carbons (Fsp3) is 0.588. The van der Waals surface area contributed by atoms with E-state index in [-0.39, 0.29) is 0 Å². The van der Waals surface area contributed by atoms with Crippen molar-refractivity contribution in [1.29, 1.82) is 0 Å². The minimum Gasteiger partial charge on any atom is -0.465 e. The average molecular weight is 363 g/mol. The third kappa shape index (κ3) is 7.57. The van der Waals surface area contributed by atoms with Gasteiger partial charge in [-0.05, 0) is 42.4 Å². The molecular weight excluding hydrogens is 339 g/mol. The number of ether oxygens (including phenoxy) is 1. The second-order valence-corrected chi connectivity index (χ2v) is 6.66. The molecular formula is C17H24F3NO2S. The number of nitrogens with two attached hydrogens (primary N) is 1. The van der Waals surface area contributed by atoms with E-state index in [9.17, 15) is 18.0 Å². The van der Waals surface area contributed by atoms with Gasteiger partial charge in [0, 0.05) is 0 Å². The smallest absolute Gasteiger partial charge is 0.416 e. The molecule has 0 radical (unpaired) electrons. The predicted molar refractivity (Wildman–Crippen MR) is 90.9 cm³/mol. The Labute approximate surface area is 145 Å². The summed E-state index contributed by atoms with van der Waals surface area (Å²) < 4.78 is 43.6. The first-order chi connectivity index (χ1) is 11.4. The lowest BCUT2D eigenvalue weighted by Crippen LogP contribution is -2.33. The predicted octanol–water partition coefficient (Wildman–Crippen LogP) is 4.04. The topological polar surface area (TPSA) is 52.3 Å². The zero-order valence-corrected chi connectivity index (χ0v) is 14.6. The van der Waals surface area contributed by atoms with E-state index in [0.29, 0.717) is 36.5 Å². The fourth-order valence-corrected chi connectivity index (χ4v) is 3.04. The Morgan fingerprint density at radius 3 is 2.67 bits per heavy atom. The summed E-state index contributed by atoms with van der Waals surface area (Å²) in [6.07, 6.45) is -1.79. The molecule has 0 saturated carbocycles. The van der Waals surface area contributed by atoms with Crippen LogP contribution >= 0.6 is 11.8 Å². The van der Waals surface area contributed by atoms with Crippen molar-refractivity contribution in [1.82, 2.24) is 0 Å². The van der Waals surface area contributed by atoms with Crippen LogP contribution in [0, 0.1) is 0 Å². The Morgan fingerprint density at radius 2 is 2.00 bits per heavy atom. The molecule has 24 heavy (non-hydrogen) atoms. The minimum atomic E-state index is -4.33. The number of hydrogen-bond acceptors (Lipinski definition) is 4. The number of esters is 1. The van der Waals surface area contributed by atoms with Crippen molar-refractivity contribution >= 4 is 17.7 Å². The SMILES string of the molecule is CCCCOC(=O)C(N)CCSCCc1ccccc1C(F)(F)F. The molecule has 0 aliphatic carbocycles. The highest BCUT2D eigenvalue weighted by atomic mass is 32.2. The third-order valence-corrected chi connectivity index (χ3v) is 4.47. The van der Waals surface area contributed by atoms with E-state index in [1.54, 1.807) is 6.07 Å². The van der Waals surface area contributed by atoms with E-state index >= 15 is 0 Å². The molecule has 1 unspecified atom stereocenters. The molecule has 0 fully saturated rings. The molecule has 136 valence electrons. The summed E-state index contributed by atoms with van der Waals surface area (Å²) in [5.74, 6) is 0.745. The van der Waals surface area contributed by atoms with Crippen LogP contribution in [0.25, 0.3) is 0 Å². The van der Waals surface area contributed by atoms with Gasteiger partial charge in [-0.2, -0.15) is 24.9 Å². The van der Waals surface area contributed by atoms with Crippen molar-refractivity contribution in [3.05, 3.63) is 35.4 Å². The van der Waals surface area contributed by atoms with Crippen molar-refractivity contribution in [3.63, 3.8) is 0 Å². The quantitative estimate of drug-likeness (QED) is 0.503. The highest BCUT2D eigenvalue weighted by molar-refractivity contribution is 7.99. The van der Waals surface area contributed by atoms with Gasteiger partial charge in [-0.3, -0.25) is 4.79 Å².